The number of thiophene rings is 1. The van der Waals surface area contributed by atoms with E-state index in [4.69, 9.17) is 22.1 Å². The van der Waals surface area contributed by atoms with Gasteiger partial charge in [-0.1, -0.05) is 29.8 Å². The zero-order valence-electron chi connectivity index (χ0n) is 11.5. The van der Waals surface area contributed by atoms with Crippen LogP contribution in [0.2, 0.25) is 5.02 Å². The quantitative estimate of drug-likeness (QED) is 0.751. The van der Waals surface area contributed by atoms with E-state index in [1.807, 2.05) is 24.3 Å². The maximum absolute atomic E-state index is 6.19. The molecule has 1 aromatic heterocycles. The lowest BCUT2D eigenvalue weighted by atomic mass is 10.1. The average molecular weight is 318 g/mol. The molecule has 0 radical (unpaired) electrons. The molecule has 0 amide bonds. The highest BCUT2D eigenvalue weighted by molar-refractivity contribution is 7.17. The number of fused-ring (bicyclic) bond motifs is 1. The van der Waals surface area contributed by atoms with Gasteiger partial charge in [0.05, 0.1) is 0 Å². The van der Waals surface area contributed by atoms with E-state index in [2.05, 4.69) is 29.6 Å². The molecule has 3 aromatic rings. The van der Waals surface area contributed by atoms with Gasteiger partial charge in [-0.15, -0.1) is 11.3 Å². The topological polar surface area (TPSA) is 35.2 Å². The lowest BCUT2D eigenvalue weighted by Gasteiger charge is -2.13. The Labute approximate surface area is 133 Å². The van der Waals surface area contributed by atoms with Gasteiger partial charge < -0.3 is 10.5 Å². The molecule has 1 heterocycles. The lowest BCUT2D eigenvalue weighted by molar-refractivity contribution is 0.288. The third-order valence-corrected chi connectivity index (χ3v) is 4.59. The summed E-state index contributed by atoms with van der Waals surface area (Å²) in [6.45, 7) is 0.492. The second-order valence-electron chi connectivity index (χ2n) is 4.99. The van der Waals surface area contributed by atoms with Gasteiger partial charge in [0.2, 0.25) is 0 Å². The Balaban J connectivity index is 1.61. The average Bonchev–Trinajstić information content (AvgIpc) is 2.90. The molecule has 0 aliphatic carbocycles. The number of hydrogen-bond donors (Lipinski definition) is 1. The third-order valence-electron chi connectivity index (χ3n) is 3.32. The fraction of sp³-hybridized carbons (Fsp3) is 0.176. The highest BCUT2D eigenvalue weighted by Crippen LogP contribution is 2.26. The first kappa shape index (κ1) is 14.4. The van der Waals surface area contributed by atoms with Gasteiger partial charge in [-0.3, -0.25) is 0 Å². The van der Waals surface area contributed by atoms with E-state index in [-0.39, 0.29) is 6.04 Å². The van der Waals surface area contributed by atoms with Gasteiger partial charge in [0.25, 0.3) is 0 Å². The Morgan fingerprint density at radius 1 is 1.10 bits per heavy atom. The molecule has 0 aliphatic heterocycles. The maximum atomic E-state index is 6.19. The van der Waals surface area contributed by atoms with Crippen molar-refractivity contribution < 1.29 is 4.74 Å². The predicted molar refractivity (Wildman–Crippen MR) is 90.5 cm³/mol. The molecule has 2 nitrogen and oxygen atoms in total. The van der Waals surface area contributed by atoms with Crippen LogP contribution in [0.15, 0.2) is 53.9 Å². The van der Waals surface area contributed by atoms with E-state index in [1.54, 1.807) is 11.3 Å². The third kappa shape index (κ3) is 3.56. The van der Waals surface area contributed by atoms with Crippen LogP contribution >= 0.6 is 22.9 Å². The van der Waals surface area contributed by atoms with Crippen LogP contribution in [0.25, 0.3) is 10.1 Å². The number of halogens is 1. The minimum Gasteiger partial charge on any atom is -0.492 e. The minimum atomic E-state index is -0.0290. The highest BCUT2D eigenvalue weighted by Gasteiger charge is 2.09. The van der Waals surface area contributed by atoms with Crippen LogP contribution in [0.5, 0.6) is 5.75 Å². The van der Waals surface area contributed by atoms with Crippen molar-refractivity contribution in [2.24, 2.45) is 5.73 Å². The van der Waals surface area contributed by atoms with Crippen molar-refractivity contribution in [3.8, 4) is 5.75 Å². The smallest absolute Gasteiger partial charge is 0.119 e. The summed E-state index contributed by atoms with van der Waals surface area (Å²) in [6, 6.07) is 15.7. The van der Waals surface area contributed by atoms with Gasteiger partial charge >= 0.3 is 0 Å². The van der Waals surface area contributed by atoms with Crippen molar-refractivity contribution in [1.82, 2.24) is 0 Å². The van der Waals surface area contributed by atoms with Crippen molar-refractivity contribution in [1.29, 1.82) is 0 Å². The number of benzene rings is 2. The zero-order valence-corrected chi connectivity index (χ0v) is 13.0. The summed E-state index contributed by atoms with van der Waals surface area (Å²) >= 11 is 7.61. The summed E-state index contributed by atoms with van der Waals surface area (Å²) in [4.78, 5) is 0. The van der Waals surface area contributed by atoms with Crippen molar-refractivity contribution in [2.45, 2.75) is 12.5 Å². The van der Waals surface area contributed by atoms with E-state index >= 15 is 0 Å². The summed E-state index contributed by atoms with van der Waals surface area (Å²) in [6.07, 6.45) is 0.817. The molecule has 0 fully saturated rings. The lowest BCUT2D eigenvalue weighted by Crippen LogP contribution is -2.30. The molecule has 2 N–H and O–H groups in total. The van der Waals surface area contributed by atoms with Crippen LogP contribution < -0.4 is 10.5 Å². The first-order chi connectivity index (χ1) is 10.2. The Kier molecular flexibility index (Phi) is 4.44. The number of ether oxygens (including phenoxy) is 1. The SMILES string of the molecule is NC(COc1ccc(Cl)cc1)Cc1csc2ccccc12. The van der Waals surface area contributed by atoms with E-state index in [9.17, 15) is 0 Å². The molecular formula is C17H16ClNOS. The summed E-state index contributed by atoms with van der Waals surface area (Å²) < 4.78 is 7.01. The van der Waals surface area contributed by atoms with Crippen LogP contribution in [0.1, 0.15) is 5.56 Å². The highest BCUT2D eigenvalue weighted by atomic mass is 35.5. The van der Waals surface area contributed by atoms with Crippen molar-refractivity contribution in [3.63, 3.8) is 0 Å². The molecule has 4 heteroatoms. The predicted octanol–water partition coefficient (Wildman–Crippen LogP) is 4.50. The van der Waals surface area contributed by atoms with Gasteiger partial charge in [-0.05, 0) is 53.1 Å². The summed E-state index contributed by atoms with van der Waals surface area (Å²) in [5.41, 5.74) is 7.48. The molecule has 0 saturated heterocycles. The molecule has 0 spiro atoms. The first-order valence-corrected chi connectivity index (χ1v) is 8.07. The maximum Gasteiger partial charge on any atom is 0.119 e. The standard InChI is InChI=1S/C17H16ClNOS/c18-13-5-7-15(8-6-13)20-10-14(19)9-12-11-21-17-4-2-1-3-16(12)17/h1-8,11,14H,9-10,19H2. The second kappa shape index (κ2) is 6.48. The van der Waals surface area contributed by atoms with Gasteiger partial charge in [0, 0.05) is 15.8 Å². The summed E-state index contributed by atoms with van der Waals surface area (Å²) in [7, 11) is 0. The van der Waals surface area contributed by atoms with Crippen molar-refractivity contribution in [3.05, 3.63) is 64.5 Å². The molecule has 0 saturated carbocycles. The van der Waals surface area contributed by atoms with E-state index in [1.165, 1.54) is 15.6 Å². The molecule has 0 bridgehead atoms. The van der Waals surface area contributed by atoms with Crippen LogP contribution in [-0.4, -0.2) is 12.6 Å². The normalized spacial score (nSPS) is 12.5. The van der Waals surface area contributed by atoms with E-state index < -0.39 is 0 Å². The van der Waals surface area contributed by atoms with Gasteiger partial charge in [0.15, 0.2) is 0 Å². The number of hydrogen-bond acceptors (Lipinski definition) is 3. The zero-order chi connectivity index (χ0) is 14.7. The summed E-state index contributed by atoms with van der Waals surface area (Å²) in [5.74, 6) is 0.796. The second-order valence-corrected chi connectivity index (χ2v) is 6.33. The van der Waals surface area contributed by atoms with Gasteiger partial charge in [-0.25, -0.2) is 0 Å². The molecule has 1 unspecified atom stereocenters. The molecule has 21 heavy (non-hydrogen) atoms. The Morgan fingerprint density at radius 2 is 1.86 bits per heavy atom. The van der Waals surface area contributed by atoms with Crippen LogP contribution in [0.3, 0.4) is 0 Å². The number of nitrogens with two attached hydrogens (primary N) is 1. The van der Waals surface area contributed by atoms with Crippen molar-refractivity contribution in [2.75, 3.05) is 6.61 Å². The van der Waals surface area contributed by atoms with Crippen LogP contribution in [0, 0.1) is 0 Å². The monoisotopic (exact) mass is 317 g/mol. The molecule has 0 aliphatic rings. The molecule has 2 aromatic carbocycles. The molecule has 3 rings (SSSR count). The Hall–Kier alpha value is -1.55. The number of rotatable bonds is 5. The largest absolute Gasteiger partial charge is 0.492 e. The van der Waals surface area contributed by atoms with Crippen molar-refractivity contribution >= 4 is 33.0 Å². The Bertz CT molecular complexity index is 723. The molecular weight excluding hydrogens is 302 g/mol. The van der Waals surface area contributed by atoms with E-state index in [0.717, 1.165) is 12.2 Å². The molecule has 1 atom stereocenters. The van der Waals surface area contributed by atoms with E-state index in [0.29, 0.717) is 11.6 Å². The summed E-state index contributed by atoms with van der Waals surface area (Å²) in [5, 5.41) is 4.19. The first-order valence-electron chi connectivity index (χ1n) is 6.81. The fourth-order valence-electron chi connectivity index (χ4n) is 2.27. The van der Waals surface area contributed by atoms with Gasteiger partial charge in [-0.2, -0.15) is 0 Å². The van der Waals surface area contributed by atoms with Crippen LogP contribution in [-0.2, 0) is 6.42 Å². The van der Waals surface area contributed by atoms with Crippen LogP contribution in [0.4, 0.5) is 0 Å². The minimum absolute atomic E-state index is 0.0290. The molecule has 108 valence electrons. The van der Waals surface area contributed by atoms with Gasteiger partial charge in [0.1, 0.15) is 12.4 Å². The Morgan fingerprint density at radius 3 is 2.67 bits per heavy atom. The fourth-order valence-corrected chi connectivity index (χ4v) is 3.37.